The number of amides is 4. The van der Waals surface area contributed by atoms with E-state index >= 15 is 0 Å². The molecular formula is C21H33N7O6. The lowest BCUT2D eigenvalue weighted by molar-refractivity contribution is -0.143. The number of likely N-dealkylation sites (N-methyl/N-ethyl adjacent to an activating group) is 1. The Hall–Kier alpha value is -3.58. The lowest BCUT2D eigenvalue weighted by atomic mass is 10.1. The summed E-state index contributed by atoms with van der Waals surface area (Å²) in [7, 11) is 1.35. The average molecular weight is 480 g/mol. The normalized spacial score (nSPS) is 13.3. The molecule has 34 heavy (non-hydrogen) atoms. The van der Waals surface area contributed by atoms with Crippen LogP contribution >= 0.6 is 0 Å². The topological polar surface area (TPSA) is 224 Å². The molecule has 0 aliphatic heterocycles. The second-order valence-corrected chi connectivity index (χ2v) is 7.84. The van der Waals surface area contributed by atoms with E-state index in [-0.39, 0.29) is 12.8 Å². The molecule has 0 saturated heterocycles. The number of unbranched alkanes of at least 4 members (excludes halogenated alkanes) is 1. The van der Waals surface area contributed by atoms with E-state index in [1.807, 2.05) is 0 Å². The van der Waals surface area contributed by atoms with Crippen molar-refractivity contribution >= 4 is 29.6 Å². The molecule has 0 aliphatic rings. The molecule has 13 heteroatoms. The third-order valence-electron chi connectivity index (χ3n) is 4.87. The zero-order valence-corrected chi connectivity index (χ0v) is 19.1. The van der Waals surface area contributed by atoms with E-state index in [9.17, 15) is 29.1 Å². The Balaban J connectivity index is 2.87. The molecule has 1 rings (SSSR count). The van der Waals surface area contributed by atoms with Crippen LogP contribution in [0.15, 0.2) is 24.5 Å². The summed E-state index contributed by atoms with van der Waals surface area (Å²) in [5.41, 5.74) is 16.8. The number of hydrogen-bond acceptors (Lipinski definition) is 8. The molecule has 1 aromatic heterocycles. The number of nitrogens with zero attached hydrogens (tertiary/aromatic N) is 2. The standard InChI is InChI=1S/C21H33N7O6/c1-28(12-18(30)26-15(21(33)34)6-2-3-7-22)20(32)16(9-13-5-4-8-25-11-13)27-19(31)14(23)10-17(24)29/h4-5,8,11,14-16H,2-3,6-7,9-10,12,22-23H2,1H3,(H2,24,29)(H,26,30)(H,27,31)(H,33,34)/t14-,15-,16-/m0/s1. The highest BCUT2D eigenvalue weighted by Gasteiger charge is 2.29. The number of rotatable bonds is 15. The van der Waals surface area contributed by atoms with Gasteiger partial charge in [0.05, 0.1) is 19.0 Å². The van der Waals surface area contributed by atoms with Crippen molar-refractivity contribution in [1.29, 1.82) is 0 Å². The number of carbonyl (C=O) groups excluding carboxylic acids is 4. The number of aliphatic carboxylic acids is 1. The number of carboxylic acid groups (broad SMARTS) is 1. The molecule has 9 N–H and O–H groups in total. The Morgan fingerprint density at radius 2 is 1.85 bits per heavy atom. The van der Waals surface area contributed by atoms with Crippen LogP contribution in [0.5, 0.6) is 0 Å². The maximum atomic E-state index is 13.0. The molecule has 1 aromatic rings. The van der Waals surface area contributed by atoms with Gasteiger partial charge < -0.3 is 37.8 Å². The third-order valence-corrected chi connectivity index (χ3v) is 4.87. The van der Waals surface area contributed by atoms with Crippen LogP contribution in [-0.4, -0.2) is 82.9 Å². The van der Waals surface area contributed by atoms with E-state index < -0.39 is 60.7 Å². The molecule has 0 aromatic carbocycles. The predicted octanol–water partition coefficient (Wildman–Crippen LogP) is -2.53. The van der Waals surface area contributed by atoms with Gasteiger partial charge in [0.2, 0.25) is 23.6 Å². The first-order valence-corrected chi connectivity index (χ1v) is 10.8. The maximum Gasteiger partial charge on any atom is 0.326 e. The predicted molar refractivity (Wildman–Crippen MR) is 122 cm³/mol. The molecule has 188 valence electrons. The molecule has 0 saturated carbocycles. The van der Waals surface area contributed by atoms with Crippen LogP contribution in [0.1, 0.15) is 31.2 Å². The van der Waals surface area contributed by atoms with E-state index in [1.54, 1.807) is 18.3 Å². The minimum absolute atomic E-state index is 0.0461. The number of pyridine rings is 1. The highest BCUT2D eigenvalue weighted by Crippen LogP contribution is 2.06. The Morgan fingerprint density at radius 3 is 2.41 bits per heavy atom. The first kappa shape index (κ1) is 28.5. The summed E-state index contributed by atoms with van der Waals surface area (Å²) in [5.74, 6) is -4.01. The number of primary amides is 1. The summed E-state index contributed by atoms with van der Waals surface area (Å²) in [5, 5.41) is 14.2. The van der Waals surface area contributed by atoms with E-state index in [1.165, 1.54) is 13.2 Å². The quantitative estimate of drug-likeness (QED) is 0.146. The number of aromatic nitrogens is 1. The monoisotopic (exact) mass is 479 g/mol. The van der Waals surface area contributed by atoms with Gasteiger partial charge in [-0.1, -0.05) is 6.07 Å². The number of carbonyl (C=O) groups is 5. The summed E-state index contributed by atoms with van der Waals surface area (Å²) < 4.78 is 0. The molecule has 0 radical (unpaired) electrons. The zero-order chi connectivity index (χ0) is 25.7. The van der Waals surface area contributed by atoms with Crippen LogP contribution in [0.2, 0.25) is 0 Å². The van der Waals surface area contributed by atoms with Crippen molar-refractivity contribution in [1.82, 2.24) is 20.5 Å². The summed E-state index contributed by atoms with van der Waals surface area (Å²) >= 11 is 0. The van der Waals surface area contributed by atoms with Gasteiger partial charge in [0, 0.05) is 25.9 Å². The van der Waals surface area contributed by atoms with Crippen LogP contribution in [0.3, 0.4) is 0 Å². The van der Waals surface area contributed by atoms with E-state index in [0.29, 0.717) is 24.9 Å². The fraction of sp³-hybridized carbons (Fsp3) is 0.524. The largest absolute Gasteiger partial charge is 0.480 e. The number of nitrogens with two attached hydrogens (primary N) is 3. The van der Waals surface area contributed by atoms with Crippen LogP contribution in [0.25, 0.3) is 0 Å². The highest BCUT2D eigenvalue weighted by atomic mass is 16.4. The van der Waals surface area contributed by atoms with Gasteiger partial charge in [-0.2, -0.15) is 0 Å². The molecule has 13 nitrogen and oxygen atoms in total. The minimum Gasteiger partial charge on any atom is -0.480 e. The molecule has 0 bridgehead atoms. The van der Waals surface area contributed by atoms with Gasteiger partial charge in [-0.25, -0.2) is 4.79 Å². The fourth-order valence-electron chi connectivity index (χ4n) is 3.09. The molecule has 0 fully saturated rings. The van der Waals surface area contributed by atoms with Gasteiger partial charge in [0.1, 0.15) is 12.1 Å². The van der Waals surface area contributed by atoms with Crippen molar-refractivity contribution in [3.8, 4) is 0 Å². The summed E-state index contributed by atoms with van der Waals surface area (Å²) in [6, 6.07) is -0.117. The highest BCUT2D eigenvalue weighted by molar-refractivity contribution is 5.94. The molecular weight excluding hydrogens is 446 g/mol. The first-order chi connectivity index (χ1) is 16.0. The Labute approximate surface area is 197 Å². The van der Waals surface area contributed by atoms with Crippen LogP contribution in [0, 0.1) is 0 Å². The van der Waals surface area contributed by atoms with Crippen molar-refractivity contribution < 1.29 is 29.1 Å². The molecule has 0 spiro atoms. The van der Waals surface area contributed by atoms with E-state index in [4.69, 9.17) is 17.2 Å². The molecule has 0 aliphatic carbocycles. The maximum absolute atomic E-state index is 13.0. The Morgan fingerprint density at radius 1 is 1.15 bits per heavy atom. The van der Waals surface area contributed by atoms with E-state index in [2.05, 4.69) is 15.6 Å². The van der Waals surface area contributed by atoms with Gasteiger partial charge >= 0.3 is 5.97 Å². The SMILES string of the molecule is CN(CC(=O)N[C@@H](CCCCN)C(=O)O)C(=O)[C@H](Cc1cccnc1)NC(=O)[C@@H](N)CC(N)=O. The van der Waals surface area contributed by atoms with Crippen LogP contribution in [0.4, 0.5) is 0 Å². The van der Waals surface area contributed by atoms with Gasteiger partial charge in [-0.15, -0.1) is 0 Å². The Kier molecular flexibility index (Phi) is 12.2. The number of hydrogen-bond donors (Lipinski definition) is 6. The number of nitrogens with one attached hydrogen (secondary N) is 2. The van der Waals surface area contributed by atoms with Crippen molar-refractivity contribution in [3.05, 3.63) is 30.1 Å². The van der Waals surface area contributed by atoms with Crippen molar-refractivity contribution in [2.75, 3.05) is 20.1 Å². The second-order valence-electron chi connectivity index (χ2n) is 7.84. The molecule has 3 atom stereocenters. The first-order valence-electron chi connectivity index (χ1n) is 10.8. The summed E-state index contributed by atoms with van der Waals surface area (Å²) in [6.07, 6.45) is 4.04. The van der Waals surface area contributed by atoms with Crippen molar-refractivity contribution in [3.63, 3.8) is 0 Å². The number of carboxylic acids is 1. The van der Waals surface area contributed by atoms with Crippen molar-refractivity contribution in [2.24, 2.45) is 17.2 Å². The molecule has 0 unspecified atom stereocenters. The fourth-order valence-corrected chi connectivity index (χ4v) is 3.09. The minimum atomic E-state index is -1.25. The third kappa shape index (κ3) is 10.4. The van der Waals surface area contributed by atoms with Crippen LogP contribution in [-0.2, 0) is 30.4 Å². The lowest BCUT2D eigenvalue weighted by Gasteiger charge is -2.26. The lowest BCUT2D eigenvalue weighted by Crippen LogP contribution is -2.55. The van der Waals surface area contributed by atoms with E-state index in [0.717, 1.165) is 4.90 Å². The smallest absolute Gasteiger partial charge is 0.326 e. The second kappa shape index (κ2) is 14.5. The summed E-state index contributed by atoms with van der Waals surface area (Å²) in [6.45, 7) is -0.0308. The van der Waals surface area contributed by atoms with Gasteiger partial charge in [0.25, 0.3) is 0 Å². The molecule has 4 amide bonds. The van der Waals surface area contributed by atoms with Gasteiger partial charge in [-0.3, -0.25) is 24.2 Å². The Bertz CT molecular complexity index is 851. The molecule has 1 heterocycles. The summed E-state index contributed by atoms with van der Waals surface area (Å²) in [4.78, 5) is 65.3. The van der Waals surface area contributed by atoms with Crippen LogP contribution < -0.4 is 27.8 Å². The van der Waals surface area contributed by atoms with Gasteiger partial charge in [-0.05, 0) is 37.4 Å². The van der Waals surface area contributed by atoms with Crippen molar-refractivity contribution in [2.45, 2.75) is 50.2 Å². The zero-order valence-electron chi connectivity index (χ0n) is 19.1. The van der Waals surface area contributed by atoms with Gasteiger partial charge in [0.15, 0.2) is 0 Å². The average Bonchev–Trinajstić information content (AvgIpc) is 2.77.